The van der Waals surface area contributed by atoms with Crippen molar-refractivity contribution in [3.63, 3.8) is 0 Å². The maximum atomic E-state index is 14.9. The van der Waals surface area contributed by atoms with Gasteiger partial charge in [0, 0.05) is 16.7 Å². The lowest BCUT2D eigenvalue weighted by molar-refractivity contribution is 0.441. The Balaban J connectivity index is 2.21. The summed E-state index contributed by atoms with van der Waals surface area (Å²) in [7, 11) is 0. The second-order valence-corrected chi connectivity index (χ2v) is 9.77. The summed E-state index contributed by atoms with van der Waals surface area (Å²) in [5, 5.41) is 0. The lowest BCUT2D eigenvalue weighted by Crippen LogP contribution is -2.05. The van der Waals surface area contributed by atoms with E-state index in [-0.39, 0.29) is 0 Å². The lowest BCUT2D eigenvalue weighted by Gasteiger charge is -2.10. The molecule has 1 aliphatic rings. The fraction of sp³-hybridized carbons (Fsp3) is 0.200. The molecule has 1 fully saturated rings. The van der Waals surface area contributed by atoms with Gasteiger partial charge in [-0.3, -0.25) is 0 Å². The van der Waals surface area contributed by atoms with Gasteiger partial charge in [0.15, 0.2) is 69.8 Å². The van der Waals surface area contributed by atoms with Gasteiger partial charge in [0.2, 0.25) is 0 Å². The molecule has 12 heteroatoms. The fourth-order valence-electron chi connectivity index (χ4n) is 4.90. The molecule has 4 rings (SSSR count). The highest BCUT2D eigenvalue weighted by Gasteiger charge is 2.42. The summed E-state index contributed by atoms with van der Waals surface area (Å²) < 4.78 is 176. The van der Waals surface area contributed by atoms with Gasteiger partial charge in [0.05, 0.1) is 16.7 Å². The molecule has 42 heavy (non-hydrogen) atoms. The first-order valence-corrected chi connectivity index (χ1v) is 12.0. The van der Waals surface area contributed by atoms with Crippen LogP contribution in [-0.2, 0) is 0 Å². The van der Waals surface area contributed by atoms with Gasteiger partial charge in [-0.05, 0) is 75.0 Å². The molecule has 0 aliphatic heterocycles. The molecule has 0 nitrogen and oxygen atoms in total. The molecule has 3 aromatic rings. The Bertz CT molecular complexity index is 1530. The van der Waals surface area contributed by atoms with Crippen molar-refractivity contribution in [2.45, 2.75) is 41.5 Å². The molecule has 0 bridgehead atoms. The molecule has 1 aliphatic carbocycles. The molecule has 0 atom stereocenters. The standard InChI is InChI=1S/C30H18F12/c1-7(16-25(37)19(31)10(4)20(32)26(16)38)13-14(8(2)17-27(39)21(33)11(5)22(34)28(17)40)15(13)9(3)18-29(41)23(35)12(6)24(36)30(18)42/h1-6H3. The number of rotatable bonds is 3. The summed E-state index contributed by atoms with van der Waals surface area (Å²) in [5.41, 5.74) is -10.6. The van der Waals surface area contributed by atoms with Crippen molar-refractivity contribution >= 4 is 16.7 Å². The van der Waals surface area contributed by atoms with Crippen molar-refractivity contribution in [3.8, 4) is 0 Å². The fourth-order valence-corrected chi connectivity index (χ4v) is 4.90. The third kappa shape index (κ3) is 4.25. The van der Waals surface area contributed by atoms with Crippen molar-refractivity contribution in [3.05, 3.63) is 120 Å². The van der Waals surface area contributed by atoms with E-state index in [1.807, 2.05) is 0 Å². The third-order valence-corrected chi connectivity index (χ3v) is 7.39. The topological polar surface area (TPSA) is 0 Å². The van der Waals surface area contributed by atoms with Crippen molar-refractivity contribution in [2.75, 3.05) is 0 Å². The maximum Gasteiger partial charge on any atom is 0.169 e. The van der Waals surface area contributed by atoms with Crippen molar-refractivity contribution in [1.29, 1.82) is 0 Å². The van der Waals surface area contributed by atoms with Gasteiger partial charge < -0.3 is 0 Å². The minimum Gasteiger partial charge on any atom is -0.203 e. The van der Waals surface area contributed by atoms with Crippen LogP contribution in [-0.4, -0.2) is 0 Å². The molecule has 0 aromatic heterocycles. The largest absolute Gasteiger partial charge is 0.203 e. The van der Waals surface area contributed by atoms with E-state index >= 15 is 0 Å². The Morgan fingerprint density at radius 1 is 0.286 bits per heavy atom. The number of hydrogen-bond donors (Lipinski definition) is 0. The van der Waals surface area contributed by atoms with Gasteiger partial charge in [0.1, 0.15) is 0 Å². The van der Waals surface area contributed by atoms with Gasteiger partial charge in [-0.2, -0.15) is 0 Å². The number of hydrogen-bond acceptors (Lipinski definition) is 0. The maximum absolute atomic E-state index is 14.9. The highest BCUT2D eigenvalue weighted by molar-refractivity contribution is 6.05. The third-order valence-electron chi connectivity index (χ3n) is 7.39. The van der Waals surface area contributed by atoms with Gasteiger partial charge in [0.25, 0.3) is 0 Å². The summed E-state index contributed by atoms with van der Waals surface area (Å²) in [6, 6.07) is 0. The first-order chi connectivity index (χ1) is 19.4. The summed E-state index contributed by atoms with van der Waals surface area (Å²) in [5.74, 6) is -22.2. The predicted octanol–water partition coefficient (Wildman–Crippen LogP) is 10.0. The molecule has 1 saturated carbocycles. The molecule has 0 amide bonds. The van der Waals surface area contributed by atoms with Crippen molar-refractivity contribution < 1.29 is 52.7 Å². The average molecular weight is 606 g/mol. The van der Waals surface area contributed by atoms with Gasteiger partial charge in [-0.15, -0.1) is 0 Å². The highest BCUT2D eigenvalue weighted by Crippen LogP contribution is 2.57. The summed E-state index contributed by atoms with van der Waals surface area (Å²) in [4.78, 5) is 0. The Hall–Kier alpha value is -3.96. The van der Waals surface area contributed by atoms with E-state index in [0.29, 0.717) is 0 Å². The van der Waals surface area contributed by atoms with Crippen LogP contribution in [0.4, 0.5) is 52.7 Å². The molecular formula is C30H18F12. The van der Waals surface area contributed by atoms with E-state index < -0.39 is 137 Å². The minimum absolute atomic E-state index is 0.508. The Morgan fingerprint density at radius 3 is 0.571 bits per heavy atom. The van der Waals surface area contributed by atoms with E-state index in [0.717, 1.165) is 41.5 Å². The second-order valence-electron chi connectivity index (χ2n) is 9.77. The molecule has 0 saturated heterocycles. The number of benzene rings is 3. The Labute approximate surface area is 231 Å². The number of halogens is 12. The summed E-state index contributed by atoms with van der Waals surface area (Å²) >= 11 is 0. The second kappa shape index (κ2) is 10.4. The Morgan fingerprint density at radius 2 is 0.429 bits per heavy atom. The van der Waals surface area contributed by atoms with E-state index in [1.165, 1.54) is 0 Å². The Kier molecular flexibility index (Phi) is 7.67. The van der Waals surface area contributed by atoms with E-state index in [4.69, 9.17) is 0 Å². The molecule has 3 aromatic carbocycles. The van der Waals surface area contributed by atoms with Crippen LogP contribution in [0.2, 0.25) is 0 Å². The van der Waals surface area contributed by atoms with Gasteiger partial charge >= 0.3 is 0 Å². The van der Waals surface area contributed by atoms with E-state index in [9.17, 15) is 52.7 Å². The monoisotopic (exact) mass is 606 g/mol. The van der Waals surface area contributed by atoms with Crippen molar-refractivity contribution in [2.24, 2.45) is 0 Å². The molecule has 0 heterocycles. The zero-order valence-electron chi connectivity index (χ0n) is 22.5. The van der Waals surface area contributed by atoms with Crippen LogP contribution in [0.25, 0.3) is 16.7 Å². The molecule has 0 spiro atoms. The predicted molar refractivity (Wildman–Crippen MR) is 131 cm³/mol. The first-order valence-electron chi connectivity index (χ1n) is 12.0. The van der Waals surface area contributed by atoms with Crippen LogP contribution in [0.1, 0.15) is 54.2 Å². The summed E-state index contributed by atoms with van der Waals surface area (Å²) in [6.45, 7) is 4.90. The smallest absolute Gasteiger partial charge is 0.169 e. The van der Waals surface area contributed by atoms with Gasteiger partial charge in [-0.1, -0.05) is 0 Å². The zero-order valence-corrected chi connectivity index (χ0v) is 22.5. The van der Waals surface area contributed by atoms with Crippen LogP contribution in [0.15, 0.2) is 16.7 Å². The van der Waals surface area contributed by atoms with E-state index in [1.54, 1.807) is 0 Å². The zero-order chi connectivity index (χ0) is 31.9. The van der Waals surface area contributed by atoms with E-state index in [2.05, 4.69) is 0 Å². The molecular weight excluding hydrogens is 588 g/mol. The van der Waals surface area contributed by atoms with Crippen LogP contribution in [0, 0.1) is 90.6 Å². The molecule has 222 valence electrons. The minimum atomic E-state index is -1.90. The van der Waals surface area contributed by atoms with Crippen LogP contribution in [0.3, 0.4) is 0 Å². The summed E-state index contributed by atoms with van der Waals surface area (Å²) in [6.07, 6.45) is 0. The molecule has 0 unspecified atom stereocenters. The average Bonchev–Trinajstić information content (AvgIpc) is 3.71. The lowest BCUT2D eigenvalue weighted by atomic mass is 9.99. The molecule has 0 radical (unpaired) electrons. The van der Waals surface area contributed by atoms with Gasteiger partial charge in [-0.25, -0.2) is 52.7 Å². The SMILES string of the molecule is CC(=C1C(=C(C)c2c(F)c(F)c(C)c(F)c2F)C1=C(C)c1c(F)c(F)c(C)c(F)c1F)c1c(F)c(F)c(C)c(F)c1F. The first kappa shape index (κ1) is 31.0. The highest BCUT2D eigenvalue weighted by atomic mass is 19.2. The van der Waals surface area contributed by atoms with Crippen LogP contribution >= 0.6 is 0 Å². The van der Waals surface area contributed by atoms with Crippen LogP contribution in [0.5, 0.6) is 0 Å². The van der Waals surface area contributed by atoms with Crippen LogP contribution < -0.4 is 0 Å². The number of allylic oxidation sites excluding steroid dienone is 6. The molecule has 0 N–H and O–H groups in total. The normalized spacial score (nSPS) is 12.9. The quantitative estimate of drug-likeness (QED) is 0.206. The van der Waals surface area contributed by atoms with Crippen molar-refractivity contribution in [1.82, 2.24) is 0 Å².